The van der Waals surface area contributed by atoms with Gasteiger partial charge in [0.2, 0.25) is 0 Å². The number of H-pyrrole nitrogens is 1. The molecule has 0 aliphatic heterocycles. The Hall–Kier alpha value is -4.11. The molecule has 2 N–H and O–H groups in total. The smallest absolute Gasteiger partial charge is 0.305 e. The fourth-order valence-corrected chi connectivity index (χ4v) is 3.57. The maximum Gasteiger partial charge on any atom is 0.305 e. The quantitative estimate of drug-likeness (QED) is 0.425. The molecule has 1 aromatic heterocycles. The van der Waals surface area contributed by atoms with Crippen LogP contribution >= 0.6 is 0 Å². The van der Waals surface area contributed by atoms with Crippen LogP contribution in [0.25, 0.3) is 10.9 Å². The zero-order valence-corrected chi connectivity index (χ0v) is 16.7. The van der Waals surface area contributed by atoms with Gasteiger partial charge in [-0.3, -0.25) is 9.89 Å². The molecular weight excluding hydrogens is 390 g/mol. The first-order chi connectivity index (χ1) is 15.1. The lowest BCUT2D eigenvalue weighted by Crippen LogP contribution is -2.11. The monoisotopic (exact) mass is 411 g/mol. The summed E-state index contributed by atoms with van der Waals surface area (Å²) in [6.45, 7) is 0. The molecule has 31 heavy (non-hydrogen) atoms. The first-order valence-corrected chi connectivity index (χ1v) is 9.97. The van der Waals surface area contributed by atoms with Crippen LogP contribution in [-0.4, -0.2) is 21.3 Å². The van der Waals surface area contributed by atoms with Crippen LogP contribution in [0.1, 0.15) is 35.1 Å². The topological polar surface area (TPSA) is 99.0 Å². The maximum absolute atomic E-state index is 11.0. The average molecular weight is 411 g/mol. The minimum absolute atomic E-state index is 0.224. The molecule has 2 atom stereocenters. The number of carboxylic acid groups (broad SMARTS) is 1. The summed E-state index contributed by atoms with van der Waals surface area (Å²) in [5.74, 6) is -1.02. The Morgan fingerprint density at radius 1 is 1.06 bits per heavy atom. The van der Waals surface area contributed by atoms with Gasteiger partial charge in [-0.15, -0.1) is 0 Å². The van der Waals surface area contributed by atoms with Gasteiger partial charge in [0.15, 0.2) is 0 Å². The van der Waals surface area contributed by atoms with Crippen molar-refractivity contribution in [2.24, 2.45) is 0 Å². The molecule has 4 aromatic rings. The third-order valence-corrected chi connectivity index (χ3v) is 5.20. The summed E-state index contributed by atoms with van der Waals surface area (Å²) in [5, 5.41) is 26.3. The first-order valence-electron chi connectivity index (χ1n) is 9.97. The van der Waals surface area contributed by atoms with Gasteiger partial charge in [-0.1, -0.05) is 48.5 Å². The maximum atomic E-state index is 11.0. The largest absolute Gasteiger partial charge is 0.485 e. The third-order valence-electron chi connectivity index (χ3n) is 5.20. The van der Waals surface area contributed by atoms with E-state index in [0.29, 0.717) is 17.7 Å². The number of carboxylic acids is 1. The van der Waals surface area contributed by atoms with E-state index in [1.807, 2.05) is 30.3 Å². The van der Waals surface area contributed by atoms with Gasteiger partial charge in [0.05, 0.1) is 30.1 Å². The van der Waals surface area contributed by atoms with Crippen molar-refractivity contribution in [1.82, 2.24) is 10.2 Å². The molecule has 0 aliphatic rings. The van der Waals surface area contributed by atoms with Crippen molar-refractivity contribution in [2.75, 3.05) is 0 Å². The number of hydrogen-bond acceptors (Lipinski definition) is 4. The van der Waals surface area contributed by atoms with E-state index < -0.39 is 11.9 Å². The first kappa shape index (κ1) is 20.2. The van der Waals surface area contributed by atoms with E-state index in [1.165, 1.54) is 0 Å². The van der Waals surface area contributed by atoms with Gasteiger partial charge in [-0.05, 0) is 41.0 Å². The Morgan fingerprint density at radius 3 is 2.52 bits per heavy atom. The highest BCUT2D eigenvalue weighted by Crippen LogP contribution is 2.29. The normalized spacial score (nSPS) is 12.7. The van der Waals surface area contributed by atoms with Gasteiger partial charge < -0.3 is 9.84 Å². The molecule has 154 valence electrons. The van der Waals surface area contributed by atoms with Gasteiger partial charge in [-0.25, -0.2) is 0 Å². The van der Waals surface area contributed by atoms with Crippen LogP contribution in [-0.2, 0) is 11.2 Å². The summed E-state index contributed by atoms with van der Waals surface area (Å²) >= 11 is 0. The summed E-state index contributed by atoms with van der Waals surface area (Å²) in [6.07, 6.45) is 2.03. The summed E-state index contributed by atoms with van der Waals surface area (Å²) in [4.78, 5) is 11.0. The van der Waals surface area contributed by atoms with Crippen molar-refractivity contribution < 1.29 is 14.6 Å². The number of nitrogens with one attached hydrogen (secondary N) is 1. The Bertz CT molecular complexity index is 1210. The molecule has 1 heterocycles. The van der Waals surface area contributed by atoms with Crippen LogP contribution in [0.2, 0.25) is 0 Å². The van der Waals surface area contributed by atoms with E-state index in [1.54, 1.807) is 30.5 Å². The predicted molar refractivity (Wildman–Crippen MR) is 117 cm³/mol. The molecule has 0 saturated heterocycles. The van der Waals surface area contributed by atoms with Crippen molar-refractivity contribution in [3.8, 4) is 11.8 Å². The number of carbonyl (C=O) groups is 1. The summed E-state index contributed by atoms with van der Waals surface area (Å²) < 4.78 is 6.35. The molecule has 0 spiro atoms. The van der Waals surface area contributed by atoms with Crippen molar-refractivity contribution >= 4 is 16.9 Å². The van der Waals surface area contributed by atoms with Crippen LogP contribution in [0, 0.1) is 11.3 Å². The molecule has 4 rings (SSSR count). The zero-order chi connectivity index (χ0) is 21.6. The predicted octanol–water partition coefficient (Wildman–Crippen LogP) is 5.01. The van der Waals surface area contributed by atoms with Gasteiger partial charge in [0.25, 0.3) is 0 Å². The number of benzene rings is 3. The zero-order valence-electron chi connectivity index (χ0n) is 16.7. The van der Waals surface area contributed by atoms with Crippen molar-refractivity contribution in [3.05, 3.63) is 95.7 Å². The van der Waals surface area contributed by atoms with Gasteiger partial charge >= 0.3 is 5.97 Å². The van der Waals surface area contributed by atoms with Crippen LogP contribution in [0.3, 0.4) is 0 Å². The van der Waals surface area contributed by atoms with Gasteiger partial charge in [-0.2, -0.15) is 10.4 Å². The van der Waals surface area contributed by atoms with E-state index in [4.69, 9.17) is 9.84 Å². The van der Waals surface area contributed by atoms with Crippen LogP contribution in [0.4, 0.5) is 0 Å². The third kappa shape index (κ3) is 4.90. The Kier molecular flexibility index (Phi) is 5.95. The second kappa shape index (κ2) is 9.14. The molecule has 0 amide bonds. The van der Waals surface area contributed by atoms with Crippen LogP contribution < -0.4 is 4.74 Å². The molecule has 2 unspecified atom stereocenters. The van der Waals surface area contributed by atoms with Crippen LogP contribution in [0.15, 0.2) is 79.0 Å². The number of hydrogen-bond donors (Lipinski definition) is 2. The highest BCUT2D eigenvalue weighted by Gasteiger charge is 2.18. The molecule has 6 nitrogen and oxygen atoms in total. The molecule has 3 aromatic carbocycles. The molecule has 0 bridgehead atoms. The SMILES string of the molecule is N#CC(CC(=O)O)c1ccc(OC(Cc2ccccc2)c2ccc3[nH]ncc3c2)cc1. The van der Waals surface area contributed by atoms with E-state index in [2.05, 4.69) is 34.5 Å². The number of rotatable bonds is 8. The Morgan fingerprint density at radius 2 is 1.81 bits per heavy atom. The Labute approximate surface area is 179 Å². The fraction of sp³-hybridized carbons (Fsp3) is 0.160. The number of aliphatic carboxylic acids is 1. The van der Waals surface area contributed by atoms with E-state index in [0.717, 1.165) is 22.0 Å². The van der Waals surface area contributed by atoms with E-state index in [-0.39, 0.29) is 12.5 Å². The number of ether oxygens (including phenoxy) is 1. The summed E-state index contributed by atoms with van der Waals surface area (Å²) in [7, 11) is 0. The number of nitriles is 1. The lowest BCUT2D eigenvalue weighted by atomic mass is 9.97. The Balaban J connectivity index is 1.59. The second-order valence-corrected chi connectivity index (χ2v) is 7.36. The lowest BCUT2D eigenvalue weighted by Gasteiger charge is -2.20. The highest BCUT2D eigenvalue weighted by molar-refractivity contribution is 5.78. The van der Waals surface area contributed by atoms with Crippen LogP contribution in [0.5, 0.6) is 5.75 Å². The molecule has 0 aliphatic carbocycles. The van der Waals surface area contributed by atoms with E-state index in [9.17, 15) is 10.1 Å². The minimum atomic E-state index is -0.996. The average Bonchev–Trinajstić information content (AvgIpc) is 3.26. The summed E-state index contributed by atoms with van der Waals surface area (Å²) in [6, 6.07) is 25.4. The lowest BCUT2D eigenvalue weighted by molar-refractivity contribution is -0.137. The molecule has 0 saturated carbocycles. The van der Waals surface area contributed by atoms with Crippen molar-refractivity contribution in [1.29, 1.82) is 5.26 Å². The number of aromatic nitrogens is 2. The standard InChI is InChI=1S/C25H21N3O3/c26-15-20(14-25(29)30)18-6-9-22(10-7-18)31-24(12-17-4-2-1-3-5-17)19-8-11-23-21(13-19)16-27-28-23/h1-11,13,16,20,24H,12,14H2,(H,27,28)(H,29,30). The summed E-state index contributed by atoms with van der Waals surface area (Å²) in [5.41, 5.74) is 3.81. The van der Waals surface area contributed by atoms with Crippen molar-refractivity contribution in [3.63, 3.8) is 0 Å². The minimum Gasteiger partial charge on any atom is -0.485 e. The highest BCUT2D eigenvalue weighted by atomic mass is 16.5. The van der Waals surface area contributed by atoms with E-state index >= 15 is 0 Å². The van der Waals surface area contributed by atoms with Crippen molar-refractivity contribution in [2.45, 2.75) is 24.9 Å². The number of aromatic amines is 1. The number of fused-ring (bicyclic) bond motifs is 1. The second-order valence-electron chi connectivity index (χ2n) is 7.36. The molecular formula is C25H21N3O3. The fourth-order valence-electron chi connectivity index (χ4n) is 3.57. The molecule has 0 fully saturated rings. The van der Waals surface area contributed by atoms with Gasteiger partial charge in [0, 0.05) is 11.8 Å². The van der Waals surface area contributed by atoms with Gasteiger partial charge in [0.1, 0.15) is 11.9 Å². The molecule has 0 radical (unpaired) electrons. The molecule has 6 heteroatoms. The number of nitrogens with zero attached hydrogens (tertiary/aromatic N) is 2.